The predicted molar refractivity (Wildman–Crippen MR) is 78.1 cm³/mol. The van der Waals surface area contributed by atoms with Crippen molar-refractivity contribution in [2.45, 2.75) is 12.5 Å². The SMILES string of the molecule is CNCC1CN(C(=O)Cc2ccc(Br)cc2)CCO1. The van der Waals surface area contributed by atoms with Crippen LogP contribution in [-0.4, -0.2) is 50.2 Å². The van der Waals surface area contributed by atoms with E-state index in [0.717, 1.165) is 16.6 Å². The summed E-state index contributed by atoms with van der Waals surface area (Å²) in [5, 5.41) is 3.08. The lowest BCUT2D eigenvalue weighted by molar-refractivity contribution is -0.137. The molecule has 1 fully saturated rings. The Labute approximate surface area is 122 Å². The molecule has 1 aliphatic heterocycles. The average Bonchev–Trinajstić information content (AvgIpc) is 2.42. The zero-order valence-electron chi connectivity index (χ0n) is 11.1. The van der Waals surface area contributed by atoms with Gasteiger partial charge >= 0.3 is 0 Å². The normalized spacial score (nSPS) is 19.5. The van der Waals surface area contributed by atoms with E-state index in [9.17, 15) is 4.79 Å². The topological polar surface area (TPSA) is 41.6 Å². The van der Waals surface area contributed by atoms with Crippen LogP contribution in [0, 0.1) is 0 Å². The highest BCUT2D eigenvalue weighted by Gasteiger charge is 2.23. The molecule has 1 aromatic rings. The van der Waals surface area contributed by atoms with Crippen molar-refractivity contribution in [1.82, 2.24) is 10.2 Å². The van der Waals surface area contributed by atoms with E-state index in [2.05, 4.69) is 21.2 Å². The summed E-state index contributed by atoms with van der Waals surface area (Å²) in [5.41, 5.74) is 1.05. The monoisotopic (exact) mass is 326 g/mol. The fraction of sp³-hybridized carbons (Fsp3) is 0.500. The number of ether oxygens (including phenoxy) is 1. The van der Waals surface area contributed by atoms with Gasteiger partial charge in [0.25, 0.3) is 0 Å². The number of hydrogen-bond donors (Lipinski definition) is 1. The molecule has 2 rings (SSSR count). The van der Waals surface area contributed by atoms with Crippen LogP contribution in [0.4, 0.5) is 0 Å². The molecule has 5 heteroatoms. The molecule has 1 N–H and O–H groups in total. The number of halogens is 1. The second-order valence-electron chi connectivity index (χ2n) is 4.69. The molecule has 1 amide bonds. The number of nitrogens with zero attached hydrogens (tertiary/aromatic N) is 1. The molecule has 1 atom stereocenters. The predicted octanol–water partition coefficient (Wildman–Crippen LogP) is 1.44. The Morgan fingerprint density at radius 2 is 2.21 bits per heavy atom. The van der Waals surface area contributed by atoms with Crippen molar-refractivity contribution < 1.29 is 9.53 Å². The Morgan fingerprint density at radius 3 is 2.89 bits per heavy atom. The Hall–Kier alpha value is -0.910. The third-order valence-electron chi connectivity index (χ3n) is 3.19. The van der Waals surface area contributed by atoms with Crippen molar-refractivity contribution in [1.29, 1.82) is 0 Å². The van der Waals surface area contributed by atoms with E-state index >= 15 is 0 Å². The molecule has 104 valence electrons. The van der Waals surface area contributed by atoms with E-state index in [1.807, 2.05) is 36.2 Å². The first kappa shape index (κ1) is 14.5. The third-order valence-corrected chi connectivity index (χ3v) is 3.72. The molecule has 0 saturated carbocycles. The maximum absolute atomic E-state index is 12.2. The summed E-state index contributed by atoms with van der Waals surface area (Å²) in [6, 6.07) is 7.89. The second kappa shape index (κ2) is 7.03. The first-order valence-electron chi connectivity index (χ1n) is 6.47. The van der Waals surface area contributed by atoms with Crippen molar-refractivity contribution in [2.24, 2.45) is 0 Å². The summed E-state index contributed by atoms with van der Waals surface area (Å²) in [6.07, 6.45) is 0.562. The van der Waals surface area contributed by atoms with Gasteiger partial charge < -0.3 is 15.0 Å². The molecule has 1 saturated heterocycles. The van der Waals surface area contributed by atoms with Gasteiger partial charge in [0.15, 0.2) is 0 Å². The highest BCUT2D eigenvalue weighted by Crippen LogP contribution is 2.13. The molecule has 1 heterocycles. The average molecular weight is 327 g/mol. The number of hydrogen-bond acceptors (Lipinski definition) is 3. The largest absolute Gasteiger partial charge is 0.373 e. The fourth-order valence-corrected chi connectivity index (χ4v) is 2.45. The quantitative estimate of drug-likeness (QED) is 0.910. The van der Waals surface area contributed by atoms with Crippen LogP contribution < -0.4 is 5.32 Å². The minimum absolute atomic E-state index is 0.104. The van der Waals surface area contributed by atoms with Gasteiger partial charge in [0, 0.05) is 24.1 Å². The molecule has 0 bridgehead atoms. The zero-order valence-corrected chi connectivity index (χ0v) is 12.6. The van der Waals surface area contributed by atoms with Crippen molar-refractivity contribution in [3.05, 3.63) is 34.3 Å². The van der Waals surface area contributed by atoms with Crippen molar-refractivity contribution in [3.8, 4) is 0 Å². The lowest BCUT2D eigenvalue weighted by Crippen LogP contribution is -2.49. The van der Waals surface area contributed by atoms with Crippen LogP contribution >= 0.6 is 15.9 Å². The number of amides is 1. The molecular formula is C14H19BrN2O2. The third kappa shape index (κ3) is 4.30. The van der Waals surface area contributed by atoms with E-state index in [-0.39, 0.29) is 12.0 Å². The van der Waals surface area contributed by atoms with E-state index in [4.69, 9.17) is 4.74 Å². The molecule has 1 aliphatic rings. The minimum atomic E-state index is 0.104. The molecule has 0 radical (unpaired) electrons. The zero-order chi connectivity index (χ0) is 13.7. The van der Waals surface area contributed by atoms with E-state index < -0.39 is 0 Å². The van der Waals surface area contributed by atoms with Crippen molar-refractivity contribution in [3.63, 3.8) is 0 Å². The highest BCUT2D eigenvalue weighted by atomic mass is 79.9. The molecule has 19 heavy (non-hydrogen) atoms. The van der Waals surface area contributed by atoms with Crippen molar-refractivity contribution >= 4 is 21.8 Å². The Bertz CT molecular complexity index is 420. The van der Waals surface area contributed by atoms with Crippen LogP contribution in [0.25, 0.3) is 0 Å². The summed E-state index contributed by atoms with van der Waals surface area (Å²) in [6.45, 7) is 2.77. The summed E-state index contributed by atoms with van der Waals surface area (Å²) < 4.78 is 6.63. The first-order valence-corrected chi connectivity index (χ1v) is 7.27. The Kier molecular flexibility index (Phi) is 5.36. The van der Waals surface area contributed by atoms with Gasteiger partial charge in [-0.25, -0.2) is 0 Å². The number of carbonyl (C=O) groups excluding carboxylic acids is 1. The van der Waals surface area contributed by atoms with Crippen LogP contribution in [0.15, 0.2) is 28.7 Å². The van der Waals surface area contributed by atoms with Gasteiger partial charge in [-0.1, -0.05) is 28.1 Å². The summed E-state index contributed by atoms with van der Waals surface area (Å²) in [4.78, 5) is 14.1. The van der Waals surface area contributed by atoms with Gasteiger partial charge in [0.1, 0.15) is 0 Å². The molecule has 4 nitrogen and oxygen atoms in total. The molecule has 0 aliphatic carbocycles. The summed E-state index contributed by atoms with van der Waals surface area (Å²) in [7, 11) is 1.89. The molecular weight excluding hydrogens is 308 g/mol. The summed E-state index contributed by atoms with van der Waals surface area (Å²) in [5.74, 6) is 0.173. The number of carbonyl (C=O) groups is 1. The Morgan fingerprint density at radius 1 is 1.47 bits per heavy atom. The number of morpholine rings is 1. The number of nitrogens with one attached hydrogen (secondary N) is 1. The van der Waals surface area contributed by atoms with Crippen LogP contribution in [-0.2, 0) is 16.0 Å². The van der Waals surface area contributed by atoms with Crippen LogP contribution in [0.5, 0.6) is 0 Å². The number of rotatable bonds is 4. The second-order valence-corrected chi connectivity index (χ2v) is 5.61. The lowest BCUT2D eigenvalue weighted by atomic mass is 10.1. The maximum atomic E-state index is 12.2. The van der Waals surface area contributed by atoms with E-state index in [1.165, 1.54) is 0 Å². The smallest absolute Gasteiger partial charge is 0.227 e. The van der Waals surface area contributed by atoms with Crippen LogP contribution in [0.2, 0.25) is 0 Å². The van der Waals surface area contributed by atoms with Gasteiger partial charge in [0.2, 0.25) is 5.91 Å². The summed E-state index contributed by atoms with van der Waals surface area (Å²) >= 11 is 3.39. The molecule has 0 aromatic heterocycles. The molecule has 1 aromatic carbocycles. The molecule has 0 spiro atoms. The van der Waals surface area contributed by atoms with E-state index in [0.29, 0.717) is 26.1 Å². The van der Waals surface area contributed by atoms with E-state index in [1.54, 1.807) is 0 Å². The van der Waals surface area contributed by atoms with Gasteiger partial charge in [0.05, 0.1) is 19.1 Å². The lowest BCUT2D eigenvalue weighted by Gasteiger charge is -2.33. The Balaban J connectivity index is 1.90. The fourth-order valence-electron chi connectivity index (χ4n) is 2.19. The minimum Gasteiger partial charge on any atom is -0.373 e. The highest BCUT2D eigenvalue weighted by molar-refractivity contribution is 9.10. The van der Waals surface area contributed by atoms with Crippen molar-refractivity contribution in [2.75, 3.05) is 33.3 Å². The number of likely N-dealkylation sites (N-methyl/N-ethyl adjacent to an activating group) is 1. The van der Waals surface area contributed by atoms with Gasteiger partial charge in [-0.05, 0) is 24.7 Å². The maximum Gasteiger partial charge on any atom is 0.227 e. The van der Waals surface area contributed by atoms with Crippen LogP contribution in [0.1, 0.15) is 5.56 Å². The first-order chi connectivity index (χ1) is 9.19. The van der Waals surface area contributed by atoms with Crippen LogP contribution in [0.3, 0.4) is 0 Å². The molecule has 1 unspecified atom stereocenters. The van der Waals surface area contributed by atoms with Gasteiger partial charge in [-0.15, -0.1) is 0 Å². The standard InChI is InChI=1S/C14H19BrN2O2/c1-16-9-13-10-17(6-7-19-13)14(18)8-11-2-4-12(15)5-3-11/h2-5,13,16H,6-10H2,1H3. The van der Waals surface area contributed by atoms with Gasteiger partial charge in [-0.2, -0.15) is 0 Å². The number of benzene rings is 1. The van der Waals surface area contributed by atoms with Gasteiger partial charge in [-0.3, -0.25) is 4.79 Å².